The lowest BCUT2D eigenvalue weighted by Gasteiger charge is -2.29. The van der Waals surface area contributed by atoms with Gasteiger partial charge in [0.25, 0.3) is 5.88 Å². The summed E-state index contributed by atoms with van der Waals surface area (Å²) >= 11 is 0. The SMILES string of the molecule is Cc1cc(C#N)c(OC[C@H]2CCN2)c(OC[C@H]2CCN2)n1. The number of hydrogen-bond acceptors (Lipinski definition) is 6. The predicted molar refractivity (Wildman–Crippen MR) is 77.5 cm³/mol. The number of aryl methyl sites for hydroxylation is 1. The van der Waals surface area contributed by atoms with Gasteiger partial charge >= 0.3 is 0 Å². The lowest BCUT2D eigenvalue weighted by Crippen LogP contribution is -2.47. The van der Waals surface area contributed by atoms with Crippen LogP contribution in [-0.4, -0.2) is 43.4 Å². The van der Waals surface area contributed by atoms with Crippen molar-refractivity contribution >= 4 is 0 Å². The van der Waals surface area contributed by atoms with Crippen LogP contribution in [0.2, 0.25) is 0 Å². The van der Waals surface area contributed by atoms with Gasteiger partial charge in [0, 0.05) is 17.8 Å². The van der Waals surface area contributed by atoms with Gasteiger partial charge < -0.3 is 20.1 Å². The Balaban J connectivity index is 1.73. The van der Waals surface area contributed by atoms with Gasteiger partial charge in [0.05, 0.1) is 0 Å². The van der Waals surface area contributed by atoms with E-state index in [1.54, 1.807) is 6.07 Å². The average Bonchev–Trinajstić information content (AvgIpc) is 2.36. The molecule has 112 valence electrons. The summed E-state index contributed by atoms with van der Waals surface area (Å²) in [7, 11) is 0. The third-order valence-electron chi connectivity index (χ3n) is 3.89. The number of nitrogens with zero attached hydrogens (tertiary/aromatic N) is 2. The van der Waals surface area contributed by atoms with Crippen LogP contribution in [-0.2, 0) is 0 Å². The Bertz CT molecular complexity index is 547. The Kier molecular flexibility index (Phi) is 4.23. The van der Waals surface area contributed by atoms with Crippen LogP contribution in [0.3, 0.4) is 0 Å². The Morgan fingerprint density at radius 3 is 2.38 bits per heavy atom. The molecule has 0 saturated carbocycles. The van der Waals surface area contributed by atoms with E-state index >= 15 is 0 Å². The number of nitriles is 1. The van der Waals surface area contributed by atoms with Gasteiger partial charge in [-0.3, -0.25) is 0 Å². The summed E-state index contributed by atoms with van der Waals surface area (Å²) in [6, 6.07) is 4.64. The highest BCUT2D eigenvalue weighted by molar-refractivity contribution is 5.50. The molecule has 2 N–H and O–H groups in total. The van der Waals surface area contributed by atoms with Gasteiger partial charge in [-0.25, -0.2) is 4.98 Å². The molecule has 0 aromatic carbocycles. The molecule has 3 heterocycles. The third-order valence-corrected chi connectivity index (χ3v) is 3.89. The van der Waals surface area contributed by atoms with Crippen molar-refractivity contribution < 1.29 is 9.47 Å². The van der Waals surface area contributed by atoms with Gasteiger partial charge in [-0.1, -0.05) is 0 Å². The molecular weight excluding hydrogens is 268 g/mol. The van der Waals surface area contributed by atoms with E-state index in [1.807, 2.05) is 6.92 Å². The topological polar surface area (TPSA) is 79.2 Å². The lowest BCUT2D eigenvalue weighted by molar-refractivity contribution is 0.183. The second-order valence-electron chi connectivity index (χ2n) is 5.56. The van der Waals surface area contributed by atoms with Gasteiger partial charge in [-0.2, -0.15) is 5.26 Å². The van der Waals surface area contributed by atoms with Gasteiger partial charge in [0.15, 0.2) is 5.75 Å². The maximum absolute atomic E-state index is 9.30. The fraction of sp³-hybridized carbons (Fsp3) is 0.600. The zero-order chi connectivity index (χ0) is 14.7. The molecule has 3 rings (SSSR count). The molecule has 2 aliphatic rings. The first kappa shape index (κ1) is 14.1. The summed E-state index contributed by atoms with van der Waals surface area (Å²) in [5, 5.41) is 15.8. The molecule has 2 aliphatic heterocycles. The number of nitrogens with one attached hydrogen (secondary N) is 2. The second-order valence-corrected chi connectivity index (χ2v) is 5.56. The zero-order valence-electron chi connectivity index (χ0n) is 12.2. The molecule has 21 heavy (non-hydrogen) atoms. The molecule has 2 fully saturated rings. The van der Waals surface area contributed by atoms with Crippen molar-refractivity contribution in [3.05, 3.63) is 17.3 Å². The summed E-state index contributed by atoms with van der Waals surface area (Å²) in [6.07, 6.45) is 2.21. The van der Waals surface area contributed by atoms with Gasteiger partial charge in [-0.15, -0.1) is 0 Å². The maximum atomic E-state index is 9.30. The highest BCUT2D eigenvalue weighted by Gasteiger charge is 2.22. The zero-order valence-corrected chi connectivity index (χ0v) is 12.2. The monoisotopic (exact) mass is 288 g/mol. The van der Waals surface area contributed by atoms with E-state index in [4.69, 9.17) is 9.47 Å². The molecule has 2 saturated heterocycles. The maximum Gasteiger partial charge on any atom is 0.258 e. The number of ether oxygens (including phenoxy) is 2. The minimum atomic E-state index is 0.360. The lowest BCUT2D eigenvalue weighted by atomic mass is 10.1. The van der Waals surface area contributed by atoms with Crippen molar-refractivity contribution in [2.45, 2.75) is 31.8 Å². The Labute approximate surface area is 124 Å². The van der Waals surface area contributed by atoms with Crippen molar-refractivity contribution in [2.75, 3.05) is 26.3 Å². The smallest absolute Gasteiger partial charge is 0.258 e. The first-order valence-electron chi connectivity index (χ1n) is 7.40. The molecule has 2 atom stereocenters. The Morgan fingerprint density at radius 1 is 1.24 bits per heavy atom. The normalized spacial score (nSPS) is 23.6. The van der Waals surface area contributed by atoms with E-state index in [-0.39, 0.29) is 0 Å². The summed E-state index contributed by atoms with van der Waals surface area (Å²) in [5.74, 6) is 0.899. The minimum Gasteiger partial charge on any atom is -0.485 e. The highest BCUT2D eigenvalue weighted by Crippen LogP contribution is 2.30. The predicted octanol–water partition coefficient (Wildman–Crippen LogP) is 0.743. The summed E-state index contributed by atoms with van der Waals surface area (Å²) in [6.45, 7) is 5.01. The van der Waals surface area contributed by atoms with Crippen LogP contribution in [0.15, 0.2) is 6.07 Å². The van der Waals surface area contributed by atoms with Crippen LogP contribution in [0.1, 0.15) is 24.1 Å². The highest BCUT2D eigenvalue weighted by atomic mass is 16.5. The fourth-order valence-electron chi connectivity index (χ4n) is 2.30. The molecule has 1 aromatic heterocycles. The van der Waals surface area contributed by atoms with Crippen molar-refractivity contribution in [2.24, 2.45) is 0 Å². The quantitative estimate of drug-likeness (QED) is 0.804. The van der Waals surface area contributed by atoms with Crippen molar-refractivity contribution in [1.29, 1.82) is 5.26 Å². The van der Waals surface area contributed by atoms with Crippen LogP contribution in [0.25, 0.3) is 0 Å². The molecule has 6 nitrogen and oxygen atoms in total. The number of hydrogen-bond donors (Lipinski definition) is 2. The number of aromatic nitrogens is 1. The molecule has 1 aromatic rings. The molecular formula is C15H20N4O2. The number of rotatable bonds is 6. The fourth-order valence-corrected chi connectivity index (χ4v) is 2.30. The second kappa shape index (κ2) is 6.29. The van der Waals surface area contributed by atoms with Gasteiger partial charge in [-0.05, 0) is 38.9 Å². The van der Waals surface area contributed by atoms with E-state index in [9.17, 15) is 5.26 Å². The molecule has 0 bridgehead atoms. The molecule has 0 unspecified atom stereocenters. The summed E-state index contributed by atoms with van der Waals surface area (Å²) in [5.41, 5.74) is 1.25. The summed E-state index contributed by atoms with van der Waals surface area (Å²) in [4.78, 5) is 4.39. The van der Waals surface area contributed by atoms with E-state index < -0.39 is 0 Å². The molecule has 0 spiro atoms. The minimum absolute atomic E-state index is 0.360. The molecule has 6 heteroatoms. The van der Waals surface area contributed by atoms with Crippen LogP contribution in [0.4, 0.5) is 0 Å². The summed E-state index contributed by atoms with van der Waals surface area (Å²) < 4.78 is 11.6. The molecule has 0 aliphatic carbocycles. The van der Waals surface area contributed by atoms with Crippen LogP contribution >= 0.6 is 0 Å². The first-order chi connectivity index (χ1) is 10.3. The molecule has 0 amide bonds. The Morgan fingerprint density at radius 2 is 1.86 bits per heavy atom. The van der Waals surface area contributed by atoms with Crippen molar-refractivity contribution in [3.8, 4) is 17.7 Å². The van der Waals surface area contributed by atoms with E-state index in [0.717, 1.165) is 31.6 Å². The van der Waals surface area contributed by atoms with E-state index in [0.29, 0.717) is 42.5 Å². The molecule has 0 radical (unpaired) electrons. The third kappa shape index (κ3) is 3.26. The first-order valence-corrected chi connectivity index (χ1v) is 7.40. The van der Waals surface area contributed by atoms with Crippen molar-refractivity contribution in [1.82, 2.24) is 15.6 Å². The van der Waals surface area contributed by atoms with E-state index in [2.05, 4.69) is 21.7 Å². The van der Waals surface area contributed by atoms with Crippen LogP contribution < -0.4 is 20.1 Å². The standard InChI is InChI=1S/C15H20N4O2/c1-10-6-11(7-16)14(20-8-12-2-4-17-12)15(19-10)21-9-13-3-5-18-13/h6,12-13,17-18H,2-5,8-9H2,1H3/t12-,13-/m1/s1. The van der Waals surface area contributed by atoms with Gasteiger partial charge in [0.2, 0.25) is 0 Å². The van der Waals surface area contributed by atoms with E-state index in [1.165, 1.54) is 0 Å². The Hall–Kier alpha value is -1.84. The number of pyridine rings is 1. The van der Waals surface area contributed by atoms with Crippen LogP contribution in [0, 0.1) is 18.3 Å². The largest absolute Gasteiger partial charge is 0.485 e. The average molecular weight is 288 g/mol. The van der Waals surface area contributed by atoms with Crippen molar-refractivity contribution in [3.63, 3.8) is 0 Å². The van der Waals surface area contributed by atoms with Crippen LogP contribution in [0.5, 0.6) is 11.6 Å². The van der Waals surface area contributed by atoms with Gasteiger partial charge in [0.1, 0.15) is 24.8 Å².